The Morgan fingerprint density at radius 1 is 1.56 bits per heavy atom. The minimum absolute atomic E-state index is 0.244. The lowest BCUT2D eigenvalue weighted by Crippen LogP contribution is -2.50. The summed E-state index contributed by atoms with van der Waals surface area (Å²) in [6.45, 7) is 1.72. The summed E-state index contributed by atoms with van der Waals surface area (Å²) < 4.78 is 0. The summed E-state index contributed by atoms with van der Waals surface area (Å²) in [4.78, 5) is 12.7. The van der Waals surface area contributed by atoms with Gasteiger partial charge in [0.2, 0.25) is 5.91 Å². The molecular formula is C6H12N2O. The normalized spacial score (nSPS) is 18.9. The summed E-state index contributed by atoms with van der Waals surface area (Å²) in [5.74, 6) is 0.494. The molecule has 0 unspecified atom stereocenters. The van der Waals surface area contributed by atoms with Gasteiger partial charge >= 0.3 is 0 Å². The molecule has 0 aliphatic carbocycles. The monoisotopic (exact) mass is 128 g/mol. The van der Waals surface area contributed by atoms with Crippen LogP contribution in [0, 0.1) is 5.92 Å². The van der Waals surface area contributed by atoms with Crippen LogP contribution in [0.2, 0.25) is 0 Å². The van der Waals surface area contributed by atoms with Crippen LogP contribution in [0.4, 0.5) is 0 Å². The van der Waals surface area contributed by atoms with E-state index < -0.39 is 0 Å². The Kier molecular flexibility index (Phi) is 1.71. The van der Waals surface area contributed by atoms with Gasteiger partial charge in [-0.15, -0.1) is 0 Å². The molecule has 1 aliphatic rings. The molecule has 1 saturated heterocycles. The van der Waals surface area contributed by atoms with E-state index in [-0.39, 0.29) is 11.8 Å². The van der Waals surface area contributed by atoms with Crippen molar-refractivity contribution in [2.24, 2.45) is 5.92 Å². The highest BCUT2D eigenvalue weighted by Crippen LogP contribution is 2.04. The van der Waals surface area contributed by atoms with Gasteiger partial charge in [-0.2, -0.15) is 0 Å². The van der Waals surface area contributed by atoms with Crippen molar-refractivity contribution < 1.29 is 4.79 Å². The fraction of sp³-hybridized carbons (Fsp3) is 0.833. The summed E-state index contributed by atoms with van der Waals surface area (Å²) in [6.07, 6.45) is 0. The second-order valence-corrected chi connectivity index (χ2v) is 2.59. The lowest BCUT2D eigenvalue weighted by molar-refractivity contribution is -0.134. The van der Waals surface area contributed by atoms with E-state index in [1.54, 1.807) is 19.0 Å². The van der Waals surface area contributed by atoms with E-state index in [1.807, 2.05) is 0 Å². The Labute approximate surface area is 55.0 Å². The number of hydrogen-bond acceptors (Lipinski definition) is 2. The van der Waals surface area contributed by atoms with E-state index in [2.05, 4.69) is 5.32 Å². The molecule has 1 N–H and O–H groups in total. The predicted molar refractivity (Wildman–Crippen MR) is 35.1 cm³/mol. The molecular weight excluding hydrogens is 116 g/mol. The van der Waals surface area contributed by atoms with Crippen molar-refractivity contribution in [1.82, 2.24) is 10.2 Å². The van der Waals surface area contributed by atoms with Gasteiger partial charge in [-0.1, -0.05) is 0 Å². The molecule has 3 nitrogen and oxygen atoms in total. The number of rotatable bonds is 1. The van der Waals surface area contributed by atoms with Crippen LogP contribution in [-0.2, 0) is 4.79 Å². The third-order valence-corrected chi connectivity index (χ3v) is 1.57. The average molecular weight is 128 g/mol. The first-order chi connectivity index (χ1) is 4.22. The highest BCUT2D eigenvalue weighted by atomic mass is 16.2. The molecule has 0 aromatic carbocycles. The summed E-state index contributed by atoms with van der Waals surface area (Å²) in [6, 6.07) is 0. The van der Waals surface area contributed by atoms with Gasteiger partial charge in [0.15, 0.2) is 0 Å². The first kappa shape index (κ1) is 6.55. The van der Waals surface area contributed by atoms with Crippen molar-refractivity contribution in [3.8, 4) is 0 Å². The van der Waals surface area contributed by atoms with Crippen LogP contribution in [0.3, 0.4) is 0 Å². The van der Waals surface area contributed by atoms with Crippen LogP contribution in [0.1, 0.15) is 0 Å². The van der Waals surface area contributed by atoms with Gasteiger partial charge < -0.3 is 10.2 Å². The highest BCUT2D eigenvalue weighted by Gasteiger charge is 2.25. The third-order valence-electron chi connectivity index (χ3n) is 1.57. The van der Waals surface area contributed by atoms with E-state index in [9.17, 15) is 4.79 Å². The number of carbonyl (C=O) groups is 1. The molecule has 0 spiro atoms. The van der Waals surface area contributed by atoms with Crippen molar-refractivity contribution in [3.63, 3.8) is 0 Å². The first-order valence-corrected chi connectivity index (χ1v) is 3.13. The number of amides is 1. The quantitative estimate of drug-likeness (QED) is 0.506. The standard InChI is InChI=1S/C6H12N2O/c1-8(2)6(9)5-3-7-4-5/h5,7H,3-4H2,1-2H3. The Morgan fingerprint density at radius 2 is 2.11 bits per heavy atom. The van der Waals surface area contributed by atoms with Gasteiger partial charge in [0.1, 0.15) is 0 Å². The molecule has 1 aliphatic heterocycles. The fourth-order valence-corrected chi connectivity index (χ4v) is 0.828. The SMILES string of the molecule is CN(C)C(=O)C1CNC1. The molecule has 9 heavy (non-hydrogen) atoms. The minimum atomic E-state index is 0.244. The maximum atomic E-state index is 11.0. The molecule has 1 rings (SSSR count). The zero-order chi connectivity index (χ0) is 6.85. The Morgan fingerprint density at radius 3 is 2.22 bits per heavy atom. The molecule has 0 radical (unpaired) electrons. The molecule has 0 saturated carbocycles. The summed E-state index contributed by atoms with van der Waals surface area (Å²) in [7, 11) is 3.58. The van der Waals surface area contributed by atoms with Crippen molar-refractivity contribution >= 4 is 5.91 Å². The summed E-state index contributed by atoms with van der Waals surface area (Å²) in [5, 5.41) is 3.05. The van der Waals surface area contributed by atoms with Crippen LogP contribution in [0.5, 0.6) is 0 Å². The molecule has 0 atom stereocenters. The van der Waals surface area contributed by atoms with Crippen molar-refractivity contribution in [2.45, 2.75) is 0 Å². The van der Waals surface area contributed by atoms with Crippen LogP contribution in [-0.4, -0.2) is 38.0 Å². The zero-order valence-corrected chi connectivity index (χ0v) is 5.85. The van der Waals surface area contributed by atoms with Gasteiger partial charge in [-0.25, -0.2) is 0 Å². The molecule has 1 amide bonds. The van der Waals surface area contributed by atoms with Crippen LogP contribution >= 0.6 is 0 Å². The predicted octanol–water partition coefficient (Wildman–Crippen LogP) is -0.706. The maximum Gasteiger partial charge on any atom is 0.227 e. The van der Waals surface area contributed by atoms with E-state index in [4.69, 9.17) is 0 Å². The summed E-state index contributed by atoms with van der Waals surface area (Å²) >= 11 is 0. The van der Waals surface area contributed by atoms with Gasteiger partial charge in [0, 0.05) is 27.2 Å². The number of nitrogens with one attached hydrogen (secondary N) is 1. The molecule has 0 aromatic rings. The van der Waals surface area contributed by atoms with Gasteiger partial charge in [0.25, 0.3) is 0 Å². The van der Waals surface area contributed by atoms with E-state index in [0.29, 0.717) is 0 Å². The Bertz CT molecular complexity index is 118. The van der Waals surface area contributed by atoms with Gasteiger partial charge in [-0.3, -0.25) is 4.79 Å². The van der Waals surface area contributed by atoms with Crippen LogP contribution in [0.15, 0.2) is 0 Å². The molecule has 52 valence electrons. The van der Waals surface area contributed by atoms with Crippen molar-refractivity contribution in [3.05, 3.63) is 0 Å². The smallest absolute Gasteiger partial charge is 0.227 e. The van der Waals surface area contributed by atoms with Gasteiger partial charge in [-0.05, 0) is 0 Å². The molecule has 1 fully saturated rings. The summed E-state index contributed by atoms with van der Waals surface area (Å²) in [5.41, 5.74) is 0. The Hall–Kier alpha value is -0.570. The van der Waals surface area contributed by atoms with Gasteiger partial charge in [0.05, 0.1) is 5.92 Å². The molecule has 0 bridgehead atoms. The van der Waals surface area contributed by atoms with Crippen molar-refractivity contribution in [1.29, 1.82) is 0 Å². The molecule has 3 heteroatoms. The largest absolute Gasteiger partial charge is 0.348 e. The van der Waals surface area contributed by atoms with Crippen LogP contribution in [0.25, 0.3) is 0 Å². The van der Waals surface area contributed by atoms with Crippen LogP contribution < -0.4 is 5.32 Å². The molecule has 0 aromatic heterocycles. The average Bonchev–Trinajstić information content (AvgIpc) is 1.60. The Balaban J connectivity index is 2.32. The topological polar surface area (TPSA) is 32.3 Å². The fourth-order valence-electron chi connectivity index (χ4n) is 0.828. The third kappa shape index (κ3) is 1.21. The lowest BCUT2D eigenvalue weighted by atomic mass is 10.0. The second kappa shape index (κ2) is 2.35. The number of nitrogens with zero attached hydrogens (tertiary/aromatic N) is 1. The zero-order valence-electron chi connectivity index (χ0n) is 5.85. The highest BCUT2D eigenvalue weighted by molar-refractivity contribution is 5.79. The first-order valence-electron chi connectivity index (χ1n) is 3.13. The van der Waals surface area contributed by atoms with Crippen molar-refractivity contribution in [2.75, 3.05) is 27.2 Å². The second-order valence-electron chi connectivity index (χ2n) is 2.59. The van der Waals surface area contributed by atoms with E-state index >= 15 is 0 Å². The minimum Gasteiger partial charge on any atom is -0.348 e. The maximum absolute atomic E-state index is 11.0. The number of carbonyl (C=O) groups excluding carboxylic acids is 1. The number of hydrogen-bond donors (Lipinski definition) is 1. The lowest BCUT2D eigenvalue weighted by Gasteiger charge is -2.28. The van der Waals surface area contributed by atoms with E-state index in [1.165, 1.54) is 0 Å². The van der Waals surface area contributed by atoms with E-state index in [0.717, 1.165) is 13.1 Å². The molecule has 1 heterocycles.